The average Bonchev–Trinajstić information content (AvgIpc) is 2.80. The molecule has 31 heavy (non-hydrogen) atoms. The van der Waals surface area contributed by atoms with Gasteiger partial charge in [-0.3, -0.25) is 4.90 Å². The van der Waals surface area contributed by atoms with Crippen molar-refractivity contribution in [1.82, 2.24) is 4.90 Å². The van der Waals surface area contributed by atoms with Gasteiger partial charge in [0.05, 0.1) is 47.2 Å². The van der Waals surface area contributed by atoms with Crippen LogP contribution in [0, 0.1) is 0 Å². The zero-order valence-electron chi connectivity index (χ0n) is 19.1. The normalized spacial score (nSPS) is 15.6. The lowest BCUT2D eigenvalue weighted by molar-refractivity contribution is -0.134. The van der Waals surface area contributed by atoms with E-state index in [0.29, 0.717) is 36.2 Å². The number of carbonyl (C=O) groups excluding carboxylic acids is 1. The molecule has 1 saturated heterocycles. The van der Waals surface area contributed by atoms with E-state index >= 15 is 0 Å². The van der Waals surface area contributed by atoms with Crippen molar-refractivity contribution >= 4 is 11.7 Å². The van der Waals surface area contributed by atoms with Gasteiger partial charge in [-0.15, -0.1) is 0 Å². The van der Waals surface area contributed by atoms with Gasteiger partial charge in [-0.1, -0.05) is 5.16 Å². The maximum atomic E-state index is 11.2. The standard InChI is InChI=1S/C22H32N2O7/c1-22(2,24-9-12-30-13-10-24)21(23-31-11-7-8-19(25)28-5)16-14-17(26-3)20(29-6)18(15-16)27-4/h7-8,14-15H,9-13H2,1-6H3/b8-7+,23-21?. The van der Waals surface area contributed by atoms with Crippen molar-refractivity contribution in [3.05, 3.63) is 29.8 Å². The summed E-state index contributed by atoms with van der Waals surface area (Å²) in [4.78, 5) is 19.1. The zero-order chi connectivity index (χ0) is 22.9. The van der Waals surface area contributed by atoms with Crippen LogP contribution >= 0.6 is 0 Å². The van der Waals surface area contributed by atoms with Crippen LogP contribution in [0.1, 0.15) is 19.4 Å². The number of carbonyl (C=O) groups is 1. The van der Waals surface area contributed by atoms with Crippen molar-refractivity contribution in [1.29, 1.82) is 0 Å². The fraction of sp³-hybridized carbons (Fsp3) is 0.545. The summed E-state index contributed by atoms with van der Waals surface area (Å²) in [5, 5.41) is 4.45. The van der Waals surface area contributed by atoms with Crippen LogP contribution < -0.4 is 14.2 Å². The van der Waals surface area contributed by atoms with Crippen LogP contribution in [-0.4, -0.2) is 83.5 Å². The van der Waals surface area contributed by atoms with E-state index in [9.17, 15) is 4.79 Å². The van der Waals surface area contributed by atoms with Crippen molar-refractivity contribution in [3.8, 4) is 17.2 Å². The predicted octanol–water partition coefficient (Wildman–Crippen LogP) is 2.27. The first-order chi connectivity index (χ1) is 14.9. The minimum Gasteiger partial charge on any atom is -0.493 e. The fourth-order valence-corrected chi connectivity index (χ4v) is 3.36. The molecule has 9 nitrogen and oxygen atoms in total. The van der Waals surface area contributed by atoms with Gasteiger partial charge in [0.1, 0.15) is 12.3 Å². The van der Waals surface area contributed by atoms with E-state index in [-0.39, 0.29) is 6.61 Å². The van der Waals surface area contributed by atoms with Crippen molar-refractivity contribution in [2.75, 3.05) is 61.3 Å². The first kappa shape index (κ1) is 24.5. The lowest BCUT2D eigenvalue weighted by Crippen LogP contribution is -2.54. The first-order valence-electron chi connectivity index (χ1n) is 9.97. The summed E-state index contributed by atoms with van der Waals surface area (Å²) in [5.41, 5.74) is 0.962. The molecule has 0 aromatic heterocycles. The summed E-state index contributed by atoms with van der Waals surface area (Å²) >= 11 is 0. The Balaban J connectivity index is 2.45. The summed E-state index contributed by atoms with van der Waals surface area (Å²) in [5.74, 6) is 1.09. The van der Waals surface area contributed by atoms with Crippen LogP contribution in [0.5, 0.6) is 17.2 Å². The minimum absolute atomic E-state index is 0.113. The second kappa shape index (κ2) is 11.6. The summed E-state index contributed by atoms with van der Waals surface area (Å²) in [6, 6.07) is 3.69. The highest BCUT2D eigenvalue weighted by Gasteiger charge is 2.36. The Morgan fingerprint density at radius 1 is 1.10 bits per heavy atom. The van der Waals surface area contributed by atoms with Gasteiger partial charge >= 0.3 is 5.97 Å². The first-order valence-corrected chi connectivity index (χ1v) is 9.97. The van der Waals surface area contributed by atoms with Gasteiger partial charge in [0.15, 0.2) is 11.5 Å². The second-order valence-corrected chi connectivity index (χ2v) is 7.23. The number of morpholine rings is 1. The Labute approximate surface area is 183 Å². The van der Waals surface area contributed by atoms with Gasteiger partial charge in [-0.05, 0) is 32.1 Å². The van der Waals surface area contributed by atoms with E-state index in [1.807, 2.05) is 12.1 Å². The lowest BCUT2D eigenvalue weighted by atomic mass is 9.89. The number of nitrogens with zero attached hydrogens (tertiary/aromatic N) is 2. The Bertz CT molecular complexity index is 774. The predicted molar refractivity (Wildman–Crippen MR) is 116 cm³/mol. The summed E-state index contributed by atoms with van der Waals surface area (Å²) < 4.78 is 26.6. The zero-order valence-corrected chi connectivity index (χ0v) is 19.1. The average molecular weight is 437 g/mol. The molecule has 2 rings (SSSR count). The van der Waals surface area contributed by atoms with Gasteiger partial charge < -0.3 is 28.5 Å². The number of hydrogen-bond acceptors (Lipinski definition) is 9. The number of esters is 1. The van der Waals surface area contributed by atoms with Gasteiger partial charge in [0.2, 0.25) is 5.75 Å². The van der Waals surface area contributed by atoms with Crippen LogP contribution in [0.2, 0.25) is 0 Å². The van der Waals surface area contributed by atoms with Gasteiger partial charge in [-0.2, -0.15) is 0 Å². The highest BCUT2D eigenvalue weighted by Crippen LogP contribution is 2.39. The third-order valence-corrected chi connectivity index (χ3v) is 5.10. The molecule has 1 heterocycles. The molecule has 0 atom stereocenters. The van der Waals surface area contributed by atoms with Crippen molar-refractivity contribution in [2.24, 2.45) is 5.16 Å². The molecule has 0 amide bonds. The summed E-state index contributed by atoms with van der Waals surface area (Å²) in [6.07, 6.45) is 2.84. The summed E-state index contributed by atoms with van der Waals surface area (Å²) in [7, 11) is 6.01. The Morgan fingerprint density at radius 2 is 1.71 bits per heavy atom. The van der Waals surface area contributed by atoms with E-state index in [0.717, 1.165) is 18.7 Å². The summed E-state index contributed by atoms with van der Waals surface area (Å²) in [6.45, 7) is 7.09. The van der Waals surface area contributed by atoms with Crippen LogP contribution in [0.25, 0.3) is 0 Å². The number of oxime groups is 1. The molecule has 1 aromatic carbocycles. The fourth-order valence-electron chi connectivity index (χ4n) is 3.36. The van der Waals surface area contributed by atoms with Gasteiger partial charge in [-0.25, -0.2) is 4.79 Å². The van der Waals surface area contributed by atoms with Crippen molar-refractivity contribution in [2.45, 2.75) is 19.4 Å². The number of ether oxygens (including phenoxy) is 5. The Kier molecular flexibility index (Phi) is 9.14. The number of hydrogen-bond donors (Lipinski definition) is 0. The third kappa shape index (κ3) is 6.11. The largest absolute Gasteiger partial charge is 0.493 e. The Hall–Kier alpha value is -2.78. The number of rotatable bonds is 10. The van der Waals surface area contributed by atoms with Crippen molar-refractivity contribution < 1.29 is 33.3 Å². The third-order valence-electron chi connectivity index (χ3n) is 5.10. The molecule has 0 radical (unpaired) electrons. The molecular formula is C22H32N2O7. The number of methoxy groups -OCH3 is 4. The molecule has 0 N–H and O–H groups in total. The molecule has 1 aliphatic heterocycles. The topological polar surface area (TPSA) is 88.1 Å². The van der Waals surface area contributed by atoms with Crippen molar-refractivity contribution in [3.63, 3.8) is 0 Å². The maximum absolute atomic E-state index is 11.2. The van der Waals surface area contributed by atoms with Crippen LogP contribution in [0.15, 0.2) is 29.4 Å². The minimum atomic E-state index is -0.486. The van der Waals surface area contributed by atoms with Crippen LogP contribution in [-0.2, 0) is 19.1 Å². The van der Waals surface area contributed by atoms with E-state index < -0.39 is 11.5 Å². The van der Waals surface area contributed by atoms with E-state index in [2.05, 4.69) is 28.6 Å². The molecule has 1 aromatic rings. The quantitative estimate of drug-likeness (QED) is 0.181. The molecule has 0 aliphatic carbocycles. The van der Waals surface area contributed by atoms with E-state index in [4.69, 9.17) is 23.8 Å². The molecule has 0 bridgehead atoms. The molecule has 0 saturated carbocycles. The monoisotopic (exact) mass is 436 g/mol. The molecule has 0 spiro atoms. The molecule has 0 unspecified atom stereocenters. The van der Waals surface area contributed by atoms with Crippen LogP contribution in [0.4, 0.5) is 0 Å². The maximum Gasteiger partial charge on any atom is 0.330 e. The highest BCUT2D eigenvalue weighted by atomic mass is 16.6. The number of benzene rings is 1. The molecular weight excluding hydrogens is 404 g/mol. The van der Waals surface area contributed by atoms with Gasteiger partial charge in [0.25, 0.3) is 0 Å². The second-order valence-electron chi connectivity index (χ2n) is 7.23. The van der Waals surface area contributed by atoms with E-state index in [1.54, 1.807) is 27.4 Å². The lowest BCUT2D eigenvalue weighted by Gasteiger charge is -2.41. The molecule has 1 aliphatic rings. The molecule has 172 valence electrons. The SMILES string of the molecule is COC(=O)/C=C/CON=C(c1cc(OC)c(OC)c(OC)c1)C(C)(C)N1CCOCC1. The highest BCUT2D eigenvalue weighted by molar-refractivity contribution is 6.07. The Morgan fingerprint density at radius 3 is 2.23 bits per heavy atom. The molecule has 1 fully saturated rings. The molecule has 9 heteroatoms. The van der Waals surface area contributed by atoms with E-state index in [1.165, 1.54) is 13.2 Å². The van der Waals surface area contributed by atoms with Crippen LogP contribution in [0.3, 0.4) is 0 Å². The smallest absolute Gasteiger partial charge is 0.330 e. The van der Waals surface area contributed by atoms with Gasteiger partial charge in [0, 0.05) is 24.7 Å².